The lowest BCUT2D eigenvalue weighted by Gasteiger charge is -2.38. The molecule has 1 aliphatic carbocycles. The van der Waals surface area contributed by atoms with Crippen molar-refractivity contribution in [1.82, 2.24) is 9.62 Å². The summed E-state index contributed by atoms with van der Waals surface area (Å²) in [7, 11) is -3.64. The fraction of sp³-hybridized carbons (Fsp3) is 0.650. The Morgan fingerprint density at radius 2 is 1.85 bits per heavy atom. The molecule has 0 radical (unpaired) electrons. The van der Waals surface area contributed by atoms with Gasteiger partial charge in [0.05, 0.1) is 4.90 Å². The van der Waals surface area contributed by atoms with Crippen LogP contribution in [-0.4, -0.2) is 43.9 Å². The number of carbonyl (C=O) groups is 1. The highest BCUT2D eigenvalue weighted by Gasteiger charge is 2.31. The van der Waals surface area contributed by atoms with Gasteiger partial charge >= 0.3 is 0 Å². The topological polar surface area (TPSA) is 92.5 Å². The molecule has 1 amide bonds. The molecule has 2 atom stereocenters. The minimum absolute atomic E-state index is 0.00155. The van der Waals surface area contributed by atoms with Crippen LogP contribution < -0.4 is 10.5 Å². The van der Waals surface area contributed by atoms with Crippen molar-refractivity contribution in [3.8, 4) is 0 Å². The van der Waals surface area contributed by atoms with Gasteiger partial charge in [-0.1, -0.05) is 18.9 Å². The Labute approximate surface area is 162 Å². The molecule has 2 fully saturated rings. The quantitative estimate of drug-likeness (QED) is 0.804. The molecule has 1 heterocycles. The van der Waals surface area contributed by atoms with Crippen LogP contribution in [0.25, 0.3) is 0 Å². The van der Waals surface area contributed by atoms with Gasteiger partial charge in [-0.3, -0.25) is 4.79 Å². The van der Waals surface area contributed by atoms with Crippen LogP contribution in [0.15, 0.2) is 23.1 Å². The Hall–Kier alpha value is -1.44. The number of aryl methyl sites for hydroxylation is 1. The van der Waals surface area contributed by atoms with Crippen molar-refractivity contribution in [2.24, 2.45) is 5.73 Å². The fourth-order valence-electron chi connectivity index (χ4n) is 4.27. The molecule has 2 aliphatic rings. The van der Waals surface area contributed by atoms with E-state index in [-0.39, 0.29) is 28.9 Å². The van der Waals surface area contributed by atoms with E-state index in [4.69, 9.17) is 5.73 Å². The first-order chi connectivity index (χ1) is 12.8. The molecule has 2 unspecified atom stereocenters. The second kappa shape index (κ2) is 8.29. The van der Waals surface area contributed by atoms with E-state index in [0.29, 0.717) is 17.7 Å². The SMILES string of the molecule is Cc1ccc(C(=O)N2CCCCC2C(C)N)cc1S(=O)(=O)NC1CCCC1. The molecule has 1 saturated carbocycles. The lowest BCUT2D eigenvalue weighted by atomic mass is 9.96. The Balaban J connectivity index is 1.86. The second-order valence-electron chi connectivity index (χ2n) is 8.00. The Morgan fingerprint density at radius 1 is 1.19 bits per heavy atom. The third-order valence-corrected chi connectivity index (χ3v) is 7.48. The molecular weight excluding hydrogens is 362 g/mol. The van der Waals surface area contributed by atoms with Crippen LogP contribution in [0.5, 0.6) is 0 Å². The summed E-state index contributed by atoms with van der Waals surface area (Å²) < 4.78 is 28.6. The number of hydrogen-bond donors (Lipinski definition) is 2. The lowest BCUT2D eigenvalue weighted by Crippen LogP contribution is -2.51. The molecule has 3 rings (SSSR count). The van der Waals surface area contributed by atoms with Crippen molar-refractivity contribution in [3.63, 3.8) is 0 Å². The molecule has 1 aromatic carbocycles. The minimum atomic E-state index is -3.64. The van der Waals surface area contributed by atoms with Crippen molar-refractivity contribution < 1.29 is 13.2 Å². The molecule has 6 nitrogen and oxygen atoms in total. The zero-order valence-electron chi connectivity index (χ0n) is 16.3. The number of nitrogens with two attached hydrogens (primary N) is 1. The van der Waals surface area contributed by atoms with E-state index < -0.39 is 10.0 Å². The van der Waals surface area contributed by atoms with Gasteiger partial charge in [-0.15, -0.1) is 0 Å². The van der Waals surface area contributed by atoms with Gasteiger partial charge in [0.1, 0.15) is 0 Å². The number of likely N-dealkylation sites (tertiary alicyclic amines) is 1. The third kappa shape index (κ3) is 4.52. The highest BCUT2D eigenvalue weighted by molar-refractivity contribution is 7.89. The highest BCUT2D eigenvalue weighted by atomic mass is 32.2. The van der Waals surface area contributed by atoms with Crippen molar-refractivity contribution in [3.05, 3.63) is 29.3 Å². The van der Waals surface area contributed by atoms with E-state index in [1.165, 1.54) is 6.07 Å². The number of hydrogen-bond acceptors (Lipinski definition) is 4. The van der Waals surface area contributed by atoms with Crippen LogP contribution in [0.1, 0.15) is 67.8 Å². The number of piperidine rings is 1. The zero-order chi connectivity index (χ0) is 19.6. The normalized spacial score (nSPS) is 22.8. The predicted octanol–water partition coefficient (Wildman–Crippen LogP) is 2.56. The molecule has 150 valence electrons. The minimum Gasteiger partial charge on any atom is -0.334 e. The summed E-state index contributed by atoms with van der Waals surface area (Å²) in [5, 5.41) is 0. The maximum Gasteiger partial charge on any atom is 0.254 e. The molecule has 1 aromatic rings. The number of benzene rings is 1. The maximum absolute atomic E-state index is 13.1. The monoisotopic (exact) mass is 393 g/mol. The number of amides is 1. The Morgan fingerprint density at radius 3 is 2.52 bits per heavy atom. The van der Waals surface area contributed by atoms with E-state index in [9.17, 15) is 13.2 Å². The molecule has 0 spiro atoms. The van der Waals surface area contributed by atoms with Crippen LogP contribution in [-0.2, 0) is 10.0 Å². The first-order valence-corrected chi connectivity index (χ1v) is 11.5. The molecule has 27 heavy (non-hydrogen) atoms. The summed E-state index contributed by atoms with van der Waals surface area (Å²) in [5.41, 5.74) is 7.16. The lowest BCUT2D eigenvalue weighted by molar-refractivity contribution is 0.0583. The van der Waals surface area contributed by atoms with E-state index in [2.05, 4.69) is 4.72 Å². The standard InChI is InChI=1S/C20H31N3O3S/c1-14-10-11-16(20(24)23-12-6-5-9-18(23)15(2)21)13-19(14)27(25,26)22-17-7-3-4-8-17/h10-11,13,15,17-18,22H,3-9,12,21H2,1-2H3. The Kier molecular flexibility index (Phi) is 6.23. The molecule has 0 aromatic heterocycles. The summed E-state index contributed by atoms with van der Waals surface area (Å²) in [5.74, 6) is -0.130. The van der Waals surface area contributed by atoms with Gasteiger partial charge in [0.15, 0.2) is 0 Å². The molecule has 1 aliphatic heterocycles. The van der Waals surface area contributed by atoms with Gasteiger partial charge in [-0.25, -0.2) is 13.1 Å². The van der Waals surface area contributed by atoms with E-state index in [0.717, 1.165) is 44.9 Å². The van der Waals surface area contributed by atoms with Crippen molar-refractivity contribution in [2.45, 2.75) is 81.8 Å². The average molecular weight is 394 g/mol. The van der Waals surface area contributed by atoms with Gasteiger partial charge in [0, 0.05) is 30.2 Å². The van der Waals surface area contributed by atoms with Crippen LogP contribution in [0.3, 0.4) is 0 Å². The largest absolute Gasteiger partial charge is 0.334 e. The van der Waals surface area contributed by atoms with Crippen LogP contribution in [0, 0.1) is 6.92 Å². The van der Waals surface area contributed by atoms with Gasteiger partial charge in [-0.2, -0.15) is 0 Å². The van der Waals surface area contributed by atoms with Crippen molar-refractivity contribution >= 4 is 15.9 Å². The molecule has 0 bridgehead atoms. The summed E-state index contributed by atoms with van der Waals surface area (Å²) >= 11 is 0. The van der Waals surface area contributed by atoms with Crippen LogP contribution in [0.4, 0.5) is 0 Å². The maximum atomic E-state index is 13.1. The van der Waals surface area contributed by atoms with E-state index in [1.54, 1.807) is 19.1 Å². The van der Waals surface area contributed by atoms with Crippen LogP contribution >= 0.6 is 0 Å². The van der Waals surface area contributed by atoms with Gasteiger partial charge in [0.25, 0.3) is 5.91 Å². The van der Waals surface area contributed by atoms with Gasteiger partial charge in [0.2, 0.25) is 10.0 Å². The summed E-state index contributed by atoms with van der Waals surface area (Å²) in [6.07, 6.45) is 6.77. The number of carbonyl (C=O) groups excluding carboxylic acids is 1. The molecular formula is C20H31N3O3S. The number of rotatable bonds is 5. The average Bonchev–Trinajstić information content (AvgIpc) is 3.13. The smallest absolute Gasteiger partial charge is 0.254 e. The zero-order valence-corrected chi connectivity index (χ0v) is 17.1. The molecule has 1 saturated heterocycles. The predicted molar refractivity (Wildman–Crippen MR) is 106 cm³/mol. The second-order valence-corrected chi connectivity index (χ2v) is 9.69. The summed E-state index contributed by atoms with van der Waals surface area (Å²) in [6, 6.07) is 4.87. The fourth-order valence-corrected chi connectivity index (χ4v) is 5.85. The van der Waals surface area contributed by atoms with E-state index in [1.807, 2.05) is 11.8 Å². The van der Waals surface area contributed by atoms with Gasteiger partial charge < -0.3 is 10.6 Å². The number of nitrogens with one attached hydrogen (secondary N) is 1. The van der Waals surface area contributed by atoms with Crippen LogP contribution in [0.2, 0.25) is 0 Å². The molecule has 7 heteroatoms. The first kappa shape index (κ1) is 20.3. The number of nitrogens with zero attached hydrogens (tertiary/aromatic N) is 1. The first-order valence-electron chi connectivity index (χ1n) is 9.99. The van der Waals surface area contributed by atoms with Crippen molar-refractivity contribution in [2.75, 3.05) is 6.54 Å². The number of sulfonamides is 1. The summed E-state index contributed by atoms with van der Waals surface area (Å²) in [6.45, 7) is 4.36. The molecule has 3 N–H and O–H groups in total. The third-order valence-electron chi connectivity index (χ3n) is 5.82. The van der Waals surface area contributed by atoms with Crippen molar-refractivity contribution in [1.29, 1.82) is 0 Å². The highest BCUT2D eigenvalue weighted by Crippen LogP contribution is 2.25. The Bertz CT molecular complexity index is 786. The van der Waals surface area contributed by atoms with Gasteiger partial charge in [-0.05, 0) is 63.6 Å². The van der Waals surface area contributed by atoms with E-state index >= 15 is 0 Å². The summed E-state index contributed by atoms with van der Waals surface area (Å²) in [4.78, 5) is 15.1.